The zero-order valence-electron chi connectivity index (χ0n) is 12.9. The molecule has 112 valence electrons. The maximum absolute atomic E-state index is 5.84. The Morgan fingerprint density at radius 3 is 3.10 bits per heavy atom. The molecule has 1 aliphatic heterocycles. The quantitative estimate of drug-likeness (QED) is 0.829. The van der Waals surface area contributed by atoms with Crippen LogP contribution >= 0.6 is 0 Å². The number of nitrogens with one attached hydrogen (secondary N) is 1. The van der Waals surface area contributed by atoms with E-state index in [1.54, 1.807) is 0 Å². The lowest BCUT2D eigenvalue weighted by atomic mass is 10.1. The average Bonchev–Trinajstić information content (AvgIpc) is 2.46. The first-order valence-corrected chi connectivity index (χ1v) is 7.93. The molecule has 1 unspecified atom stereocenters. The zero-order valence-corrected chi connectivity index (χ0v) is 12.9. The van der Waals surface area contributed by atoms with Gasteiger partial charge in [0, 0.05) is 19.1 Å². The molecular weight excluding hydrogens is 248 g/mol. The number of benzene rings is 1. The Morgan fingerprint density at radius 1 is 1.40 bits per heavy atom. The molecule has 1 N–H and O–H groups in total. The predicted octanol–water partition coefficient (Wildman–Crippen LogP) is 2.84. The molecule has 0 bridgehead atoms. The highest BCUT2D eigenvalue weighted by molar-refractivity contribution is 5.27. The molecule has 1 aliphatic rings. The SMILES string of the molecule is CCCNC1CCCN(CCOc2cccc(C)c2)C1. The van der Waals surface area contributed by atoms with Gasteiger partial charge in [0.15, 0.2) is 0 Å². The van der Waals surface area contributed by atoms with E-state index in [1.807, 2.05) is 6.07 Å². The number of piperidine rings is 1. The van der Waals surface area contributed by atoms with Gasteiger partial charge in [0.2, 0.25) is 0 Å². The minimum atomic E-state index is 0.669. The Kier molecular flexibility index (Phi) is 6.34. The van der Waals surface area contributed by atoms with Crippen molar-refractivity contribution in [2.24, 2.45) is 0 Å². The lowest BCUT2D eigenvalue weighted by Crippen LogP contribution is -2.46. The molecule has 20 heavy (non-hydrogen) atoms. The van der Waals surface area contributed by atoms with Crippen LogP contribution in [0.15, 0.2) is 24.3 Å². The first-order chi connectivity index (χ1) is 9.78. The van der Waals surface area contributed by atoms with Gasteiger partial charge in [-0.25, -0.2) is 0 Å². The first-order valence-electron chi connectivity index (χ1n) is 7.93. The van der Waals surface area contributed by atoms with E-state index in [4.69, 9.17) is 4.74 Å². The molecule has 1 atom stereocenters. The Labute approximate surface area is 123 Å². The number of aryl methyl sites for hydroxylation is 1. The lowest BCUT2D eigenvalue weighted by molar-refractivity contribution is 0.159. The summed E-state index contributed by atoms with van der Waals surface area (Å²) in [6.45, 7) is 9.64. The third kappa shape index (κ3) is 5.14. The van der Waals surface area contributed by atoms with Gasteiger partial charge >= 0.3 is 0 Å². The molecule has 0 radical (unpaired) electrons. The van der Waals surface area contributed by atoms with Crippen molar-refractivity contribution in [1.29, 1.82) is 0 Å². The van der Waals surface area contributed by atoms with E-state index in [0.717, 1.165) is 32.0 Å². The van der Waals surface area contributed by atoms with Crippen molar-refractivity contribution in [3.63, 3.8) is 0 Å². The monoisotopic (exact) mass is 276 g/mol. The van der Waals surface area contributed by atoms with Gasteiger partial charge in [-0.15, -0.1) is 0 Å². The van der Waals surface area contributed by atoms with Gasteiger partial charge in [-0.2, -0.15) is 0 Å². The summed E-state index contributed by atoms with van der Waals surface area (Å²) in [5.41, 5.74) is 1.25. The summed E-state index contributed by atoms with van der Waals surface area (Å²) >= 11 is 0. The third-order valence-electron chi connectivity index (χ3n) is 3.85. The van der Waals surface area contributed by atoms with E-state index in [9.17, 15) is 0 Å². The van der Waals surface area contributed by atoms with Gasteiger partial charge in [-0.1, -0.05) is 19.1 Å². The van der Waals surface area contributed by atoms with Crippen LogP contribution in [0.4, 0.5) is 0 Å². The van der Waals surface area contributed by atoms with Gasteiger partial charge < -0.3 is 10.1 Å². The minimum Gasteiger partial charge on any atom is -0.492 e. The number of hydrogen-bond acceptors (Lipinski definition) is 3. The number of ether oxygens (including phenoxy) is 1. The van der Waals surface area contributed by atoms with Gasteiger partial charge in [0.1, 0.15) is 12.4 Å². The van der Waals surface area contributed by atoms with Crippen LogP contribution in [0, 0.1) is 6.92 Å². The van der Waals surface area contributed by atoms with Crippen LogP contribution in [0.3, 0.4) is 0 Å². The van der Waals surface area contributed by atoms with Crippen LogP contribution < -0.4 is 10.1 Å². The molecule has 1 aromatic carbocycles. The van der Waals surface area contributed by atoms with Crippen LogP contribution in [0.2, 0.25) is 0 Å². The predicted molar refractivity (Wildman–Crippen MR) is 84.4 cm³/mol. The fourth-order valence-corrected chi connectivity index (χ4v) is 2.77. The second-order valence-corrected chi connectivity index (χ2v) is 5.76. The summed E-state index contributed by atoms with van der Waals surface area (Å²) in [4.78, 5) is 2.52. The van der Waals surface area contributed by atoms with Gasteiger partial charge in [-0.05, 0) is 57.0 Å². The van der Waals surface area contributed by atoms with E-state index in [2.05, 4.69) is 42.3 Å². The molecule has 0 aromatic heterocycles. The van der Waals surface area contributed by atoms with E-state index in [-0.39, 0.29) is 0 Å². The highest BCUT2D eigenvalue weighted by Crippen LogP contribution is 2.13. The van der Waals surface area contributed by atoms with Crippen LogP contribution in [-0.4, -0.2) is 43.7 Å². The Hall–Kier alpha value is -1.06. The average molecular weight is 276 g/mol. The van der Waals surface area contributed by atoms with Crippen molar-refractivity contribution < 1.29 is 4.74 Å². The summed E-state index contributed by atoms with van der Waals surface area (Å²) in [5, 5.41) is 3.63. The normalized spacial score (nSPS) is 20.0. The van der Waals surface area contributed by atoms with Crippen molar-refractivity contribution in [3.8, 4) is 5.75 Å². The highest BCUT2D eigenvalue weighted by atomic mass is 16.5. The molecule has 0 aliphatic carbocycles. The summed E-state index contributed by atoms with van der Waals surface area (Å²) in [7, 11) is 0. The molecule has 2 rings (SSSR count). The van der Waals surface area contributed by atoms with Crippen molar-refractivity contribution in [2.45, 2.75) is 39.2 Å². The van der Waals surface area contributed by atoms with Crippen molar-refractivity contribution in [3.05, 3.63) is 29.8 Å². The zero-order chi connectivity index (χ0) is 14.2. The van der Waals surface area contributed by atoms with E-state index < -0.39 is 0 Å². The molecule has 1 heterocycles. The summed E-state index contributed by atoms with van der Waals surface area (Å²) in [5.74, 6) is 0.989. The Morgan fingerprint density at radius 2 is 2.30 bits per heavy atom. The van der Waals surface area contributed by atoms with E-state index in [1.165, 1.54) is 31.4 Å². The Balaban J connectivity index is 1.68. The summed E-state index contributed by atoms with van der Waals surface area (Å²) < 4.78 is 5.84. The first kappa shape index (κ1) is 15.3. The second-order valence-electron chi connectivity index (χ2n) is 5.76. The van der Waals surface area contributed by atoms with E-state index >= 15 is 0 Å². The maximum atomic E-state index is 5.84. The molecule has 0 spiro atoms. The van der Waals surface area contributed by atoms with Crippen LogP contribution in [-0.2, 0) is 0 Å². The Bertz CT molecular complexity index is 394. The van der Waals surface area contributed by atoms with Crippen LogP contribution in [0.1, 0.15) is 31.7 Å². The van der Waals surface area contributed by atoms with Crippen molar-refractivity contribution in [2.75, 3.05) is 32.8 Å². The lowest BCUT2D eigenvalue weighted by Gasteiger charge is -2.33. The van der Waals surface area contributed by atoms with Gasteiger partial charge in [0.25, 0.3) is 0 Å². The standard InChI is InChI=1S/C17H28N2O/c1-3-9-18-16-7-5-10-19(14-16)11-12-20-17-8-4-6-15(2)13-17/h4,6,8,13,16,18H,3,5,7,9-12,14H2,1-2H3. The highest BCUT2D eigenvalue weighted by Gasteiger charge is 2.18. The number of hydrogen-bond donors (Lipinski definition) is 1. The number of rotatable bonds is 7. The van der Waals surface area contributed by atoms with Crippen molar-refractivity contribution in [1.82, 2.24) is 10.2 Å². The molecule has 0 amide bonds. The summed E-state index contributed by atoms with van der Waals surface area (Å²) in [6.07, 6.45) is 3.83. The number of likely N-dealkylation sites (tertiary alicyclic amines) is 1. The molecular formula is C17H28N2O. The smallest absolute Gasteiger partial charge is 0.119 e. The molecule has 3 nitrogen and oxygen atoms in total. The molecule has 1 aromatic rings. The largest absolute Gasteiger partial charge is 0.492 e. The fourth-order valence-electron chi connectivity index (χ4n) is 2.77. The van der Waals surface area contributed by atoms with Crippen LogP contribution in [0.25, 0.3) is 0 Å². The molecule has 1 saturated heterocycles. The van der Waals surface area contributed by atoms with Crippen molar-refractivity contribution >= 4 is 0 Å². The maximum Gasteiger partial charge on any atom is 0.119 e. The number of nitrogens with zero attached hydrogens (tertiary/aromatic N) is 1. The van der Waals surface area contributed by atoms with Gasteiger partial charge in [-0.3, -0.25) is 4.90 Å². The van der Waals surface area contributed by atoms with Gasteiger partial charge in [0.05, 0.1) is 0 Å². The second kappa shape index (κ2) is 8.28. The van der Waals surface area contributed by atoms with Crippen LogP contribution in [0.5, 0.6) is 5.75 Å². The molecule has 0 saturated carbocycles. The minimum absolute atomic E-state index is 0.669. The molecule has 3 heteroatoms. The fraction of sp³-hybridized carbons (Fsp3) is 0.647. The summed E-state index contributed by atoms with van der Waals surface area (Å²) in [6, 6.07) is 8.96. The van der Waals surface area contributed by atoms with E-state index in [0.29, 0.717) is 6.04 Å². The molecule has 1 fully saturated rings. The topological polar surface area (TPSA) is 24.5 Å². The third-order valence-corrected chi connectivity index (χ3v) is 3.85.